The van der Waals surface area contributed by atoms with Crippen LogP contribution < -0.4 is 23.7 Å². The van der Waals surface area contributed by atoms with E-state index in [0.717, 1.165) is 69.2 Å². The van der Waals surface area contributed by atoms with Gasteiger partial charge >= 0.3 is 0 Å². The largest absolute Gasteiger partial charge is 0.497 e. The summed E-state index contributed by atoms with van der Waals surface area (Å²) in [5, 5.41) is 0. The SMILES string of the molecule is COc1ccc(C(OCCOc2ncnc3c2ncn3[C@H]2CC[C@H](COC(c3ccccc3)(c3ccc(OC)cc3)c3ccc(OC)cc3)O2)(c2ccccc2)c2ccc(OC)cc2)cc1. The number of hydrogen-bond acceptors (Lipinski definition) is 11. The van der Waals surface area contributed by atoms with E-state index in [2.05, 4.69) is 58.5 Å². The molecular formula is C54H52N4O8. The average Bonchev–Trinajstić information content (AvgIpc) is 4.06. The molecule has 0 unspecified atom stereocenters. The van der Waals surface area contributed by atoms with E-state index in [1.165, 1.54) is 6.33 Å². The lowest BCUT2D eigenvalue weighted by atomic mass is 9.80. The van der Waals surface area contributed by atoms with Crippen molar-refractivity contribution in [2.75, 3.05) is 48.3 Å². The highest BCUT2D eigenvalue weighted by atomic mass is 16.6. The minimum atomic E-state index is -0.990. The van der Waals surface area contributed by atoms with Crippen LogP contribution in [0.25, 0.3) is 11.2 Å². The molecule has 0 saturated carbocycles. The second-order valence-corrected chi connectivity index (χ2v) is 15.8. The number of rotatable bonds is 19. The first-order valence-corrected chi connectivity index (χ1v) is 21.9. The van der Waals surface area contributed by atoms with Gasteiger partial charge in [-0.05, 0) is 94.8 Å². The number of aromatic nitrogens is 4. The summed E-state index contributed by atoms with van der Waals surface area (Å²) in [5.74, 6) is 3.37. The molecule has 336 valence electrons. The number of benzene rings is 6. The van der Waals surface area contributed by atoms with Crippen LogP contribution in [0.3, 0.4) is 0 Å². The van der Waals surface area contributed by atoms with Crippen molar-refractivity contribution in [1.82, 2.24) is 19.5 Å². The predicted molar refractivity (Wildman–Crippen MR) is 250 cm³/mol. The third kappa shape index (κ3) is 8.66. The van der Waals surface area contributed by atoms with Crippen LogP contribution in [-0.4, -0.2) is 73.9 Å². The van der Waals surface area contributed by atoms with E-state index < -0.39 is 11.2 Å². The van der Waals surface area contributed by atoms with E-state index in [4.69, 9.17) is 42.9 Å². The number of fused-ring (bicyclic) bond motifs is 1. The molecule has 1 saturated heterocycles. The van der Waals surface area contributed by atoms with Crippen molar-refractivity contribution < 1.29 is 37.9 Å². The molecule has 1 fully saturated rings. The zero-order valence-electron chi connectivity index (χ0n) is 37.4. The molecule has 0 amide bonds. The average molecular weight is 885 g/mol. The van der Waals surface area contributed by atoms with Crippen LogP contribution >= 0.6 is 0 Å². The Morgan fingerprint density at radius 2 is 0.939 bits per heavy atom. The van der Waals surface area contributed by atoms with Gasteiger partial charge in [-0.15, -0.1) is 0 Å². The molecule has 8 aromatic rings. The molecule has 12 nitrogen and oxygen atoms in total. The topological polar surface area (TPSA) is 117 Å². The summed E-state index contributed by atoms with van der Waals surface area (Å²) in [6, 6.07) is 52.4. The Balaban J connectivity index is 0.934. The van der Waals surface area contributed by atoms with E-state index in [-0.39, 0.29) is 25.5 Å². The van der Waals surface area contributed by atoms with Gasteiger partial charge < -0.3 is 37.9 Å². The van der Waals surface area contributed by atoms with Gasteiger partial charge in [0.15, 0.2) is 11.2 Å². The molecule has 2 atom stereocenters. The van der Waals surface area contributed by atoms with E-state index >= 15 is 0 Å². The quantitative estimate of drug-likeness (QED) is 0.0571. The molecule has 0 spiro atoms. The molecule has 0 N–H and O–H groups in total. The Morgan fingerprint density at radius 3 is 1.39 bits per heavy atom. The third-order valence-corrected chi connectivity index (χ3v) is 12.2. The summed E-state index contributed by atoms with van der Waals surface area (Å²) >= 11 is 0. The highest BCUT2D eigenvalue weighted by Gasteiger charge is 2.41. The summed E-state index contributed by atoms with van der Waals surface area (Å²) in [6.07, 6.45) is 4.18. The molecule has 0 radical (unpaired) electrons. The van der Waals surface area contributed by atoms with Crippen LogP contribution in [-0.2, 0) is 25.4 Å². The maximum absolute atomic E-state index is 7.18. The zero-order valence-corrected chi connectivity index (χ0v) is 37.4. The Hall–Kier alpha value is -7.25. The third-order valence-electron chi connectivity index (χ3n) is 12.2. The summed E-state index contributed by atoms with van der Waals surface area (Å²) in [6.45, 7) is 0.714. The Kier molecular flexibility index (Phi) is 13.2. The van der Waals surface area contributed by atoms with Crippen molar-refractivity contribution in [3.05, 3.63) is 204 Å². The molecule has 1 aliphatic heterocycles. The van der Waals surface area contributed by atoms with Crippen molar-refractivity contribution in [3.8, 4) is 28.9 Å². The molecule has 0 aliphatic carbocycles. The van der Waals surface area contributed by atoms with E-state index in [1.54, 1.807) is 34.8 Å². The maximum atomic E-state index is 7.18. The molecule has 2 aromatic heterocycles. The number of ether oxygens (including phenoxy) is 8. The molecule has 66 heavy (non-hydrogen) atoms. The first-order chi connectivity index (χ1) is 32.5. The van der Waals surface area contributed by atoms with E-state index in [1.807, 2.05) is 114 Å². The molecule has 1 aliphatic rings. The van der Waals surface area contributed by atoms with Crippen LogP contribution in [0.1, 0.15) is 52.5 Å². The predicted octanol–water partition coefficient (Wildman–Crippen LogP) is 9.93. The van der Waals surface area contributed by atoms with Gasteiger partial charge in [-0.25, -0.2) is 9.97 Å². The standard InChI is InChI=1S/C54H52N4O8/c1-59-44-23-15-40(16-24-44)53(38-11-7-5-8-12-38,41-17-25-45(60-2)26-18-41)64-34-33-63-52-50-51(55-36-56-52)58(37-57-50)49-32-31-48(66-49)35-65-54(39-13-9-6-10-14-39,42-19-27-46(61-3)28-20-42)43-21-29-47(62-4)30-22-43/h5-30,36-37,48-49H,31-35H2,1-4H3/t48-,49-/m1/s1. The lowest BCUT2D eigenvalue weighted by molar-refractivity contribution is -0.0756. The van der Waals surface area contributed by atoms with E-state index in [9.17, 15) is 0 Å². The Morgan fingerprint density at radius 1 is 0.500 bits per heavy atom. The van der Waals surface area contributed by atoms with Crippen LogP contribution in [0, 0.1) is 0 Å². The number of hydrogen-bond donors (Lipinski definition) is 0. The first kappa shape index (κ1) is 44.0. The van der Waals surface area contributed by atoms with Gasteiger partial charge in [-0.1, -0.05) is 109 Å². The van der Waals surface area contributed by atoms with Crippen molar-refractivity contribution in [1.29, 1.82) is 0 Å². The lowest BCUT2D eigenvalue weighted by Gasteiger charge is -2.37. The van der Waals surface area contributed by atoms with Gasteiger partial charge in [0.25, 0.3) is 0 Å². The molecule has 12 heteroatoms. The first-order valence-electron chi connectivity index (χ1n) is 21.9. The number of imidazole rings is 1. The van der Waals surface area contributed by atoms with Crippen LogP contribution in [0.5, 0.6) is 28.9 Å². The van der Waals surface area contributed by atoms with Crippen LogP contribution in [0.15, 0.2) is 170 Å². The summed E-state index contributed by atoms with van der Waals surface area (Å²) < 4.78 is 51.3. The van der Waals surface area contributed by atoms with Crippen molar-refractivity contribution in [2.24, 2.45) is 0 Å². The highest BCUT2D eigenvalue weighted by molar-refractivity contribution is 5.76. The molecule has 0 bridgehead atoms. The fourth-order valence-corrected chi connectivity index (χ4v) is 8.86. The second kappa shape index (κ2) is 19.9. The van der Waals surface area contributed by atoms with Gasteiger partial charge in [0.05, 0.1) is 54.1 Å². The molecule has 3 heterocycles. The van der Waals surface area contributed by atoms with Crippen LogP contribution in [0.2, 0.25) is 0 Å². The fraction of sp³-hybridized carbons (Fsp3) is 0.241. The summed E-state index contributed by atoms with van der Waals surface area (Å²) in [5.41, 5.74) is 4.89. The smallest absolute Gasteiger partial charge is 0.245 e. The highest BCUT2D eigenvalue weighted by Crippen LogP contribution is 2.44. The second-order valence-electron chi connectivity index (χ2n) is 15.8. The normalized spacial score (nSPS) is 15.1. The molecule has 6 aromatic carbocycles. The Bertz CT molecular complexity index is 2690. The lowest BCUT2D eigenvalue weighted by Crippen LogP contribution is -2.35. The van der Waals surface area contributed by atoms with Gasteiger partial charge in [-0.2, -0.15) is 4.98 Å². The molecule has 9 rings (SSSR count). The van der Waals surface area contributed by atoms with Crippen molar-refractivity contribution >= 4 is 11.2 Å². The van der Waals surface area contributed by atoms with Crippen molar-refractivity contribution in [2.45, 2.75) is 36.4 Å². The zero-order chi connectivity index (χ0) is 45.4. The molecular weight excluding hydrogens is 833 g/mol. The van der Waals surface area contributed by atoms with Gasteiger partial charge in [0.1, 0.15) is 53.4 Å². The fourth-order valence-electron chi connectivity index (χ4n) is 8.86. The van der Waals surface area contributed by atoms with E-state index in [0.29, 0.717) is 23.7 Å². The Labute approximate surface area is 384 Å². The van der Waals surface area contributed by atoms with Gasteiger partial charge in [0.2, 0.25) is 5.88 Å². The van der Waals surface area contributed by atoms with Crippen molar-refractivity contribution in [3.63, 3.8) is 0 Å². The number of methoxy groups -OCH3 is 4. The van der Waals surface area contributed by atoms with Gasteiger partial charge in [0, 0.05) is 0 Å². The minimum Gasteiger partial charge on any atom is -0.497 e. The summed E-state index contributed by atoms with van der Waals surface area (Å²) in [7, 11) is 6.64. The minimum absolute atomic E-state index is 0.185. The number of nitrogens with zero attached hydrogens (tertiary/aromatic N) is 4. The monoisotopic (exact) mass is 884 g/mol. The van der Waals surface area contributed by atoms with Crippen LogP contribution in [0.4, 0.5) is 0 Å². The van der Waals surface area contributed by atoms with Gasteiger partial charge in [-0.3, -0.25) is 4.57 Å². The maximum Gasteiger partial charge on any atom is 0.245 e. The summed E-state index contributed by atoms with van der Waals surface area (Å²) in [4.78, 5) is 13.9.